The number of hydrogen-bond acceptors (Lipinski definition) is 5. The maximum atomic E-state index is 11.3. The summed E-state index contributed by atoms with van der Waals surface area (Å²) in [7, 11) is -7.72. The molecule has 0 atom stereocenters. The minimum atomic E-state index is -3.86. The lowest BCUT2D eigenvalue weighted by Crippen LogP contribution is -2.35. The number of hydrogen-bond donors (Lipinski definition) is 0. The highest BCUT2D eigenvalue weighted by Gasteiger charge is 2.26. The summed E-state index contributed by atoms with van der Waals surface area (Å²) in [6.45, 7) is 0. The summed E-state index contributed by atoms with van der Waals surface area (Å²) in [5.41, 5.74) is 0.0509. The van der Waals surface area contributed by atoms with Crippen molar-refractivity contribution in [2.75, 3.05) is 16.2 Å². The normalized spacial score (nSPS) is 12.4. The van der Waals surface area contributed by atoms with Crippen molar-refractivity contribution in [1.82, 2.24) is 4.98 Å². The predicted octanol–water partition coefficient (Wildman–Crippen LogP) is -0.193. The van der Waals surface area contributed by atoms with E-state index in [-0.39, 0.29) is 5.69 Å². The van der Waals surface area contributed by atoms with Crippen molar-refractivity contribution < 1.29 is 16.8 Å². The quantitative estimate of drug-likeness (QED) is 0.742. The van der Waals surface area contributed by atoms with Gasteiger partial charge in [-0.05, 0) is 12.1 Å². The van der Waals surface area contributed by atoms with Crippen LogP contribution in [-0.2, 0) is 20.0 Å². The molecule has 1 aromatic heterocycles. The number of nitrogens with zero attached hydrogens (tertiary/aromatic N) is 2. The Morgan fingerprint density at radius 3 is 1.73 bits per heavy atom. The highest BCUT2D eigenvalue weighted by atomic mass is 32.3. The van der Waals surface area contributed by atoms with Crippen LogP contribution in [0.4, 0.5) is 5.69 Å². The van der Waals surface area contributed by atoms with Crippen molar-refractivity contribution in [2.24, 2.45) is 0 Å². The maximum absolute atomic E-state index is 11.3. The topological polar surface area (TPSA) is 84.4 Å². The average Bonchev–Trinajstić information content (AvgIpc) is 2.00. The molecule has 1 aromatic rings. The molecule has 0 N–H and O–H groups in total. The Morgan fingerprint density at radius 2 is 1.40 bits per heavy atom. The second-order valence-electron chi connectivity index (χ2n) is 2.93. The fourth-order valence-corrected chi connectivity index (χ4v) is 4.07. The van der Waals surface area contributed by atoms with Gasteiger partial charge in [-0.2, -0.15) is 3.71 Å². The highest BCUT2D eigenvalue weighted by Crippen LogP contribution is 2.18. The van der Waals surface area contributed by atoms with Crippen LogP contribution in [0.5, 0.6) is 0 Å². The van der Waals surface area contributed by atoms with Gasteiger partial charge >= 0.3 is 0 Å². The van der Waals surface area contributed by atoms with Gasteiger partial charge in [0.1, 0.15) is 0 Å². The molecule has 15 heavy (non-hydrogen) atoms. The molecule has 1 rings (SSSR count). The Morgan fingerprint density at radius 1 is 1.00 bits per heavy atom. The van der Waals surface area contributed by atoms with Crippen LogP contribution in [-0.4, -0.2) is 34.3 Å². The lowest BCUT2D eigenvalue weighted by atomic mass is 10.4. The van der Waals surface area contributed by atoms with Gasteiger partial charge in [0.2, 0.25) is 20.0 Å². The van der Waals surface area contributed by atoms with E-state index in [1.54, 1.807) is 0 Å². The monoisotopic (exact) mass is 250 g/mol. The first-order chi connectivity index (χ1) is 6.73. The molecule has 0 amide bonds. The van der Waals surface area contributed by atoms with Crippen LogP contribution in [0.2, 0.25) is 0 Å². The molecular weight excluding hydrogens is 240 g/mol. The van der Waals surface area contributed by atoms with E-state index in [4.69, 9.17) is 0 Å². The summed E-state index contributed by atoms with van der Waals surface area (Å²) in [5, 5.41) is 0. The van der Waals surface area contributed by atoms with Gasteiger partial charge in [0.25, 0.3) is 0 Å². The number of aromatic nitrogens is 1. The third-order valence-corrected chi connectivity index (χ3v) is 4.73. The summed E-state index contributed by atoms with van der Waals surface area (Å²) >= 11 is 0. The van der Waals surface area contributed by atoms with Crippen molar-refractivity contribution in [3.8, 4) is 0 Å². The number of rotatable bonds is 3. The molecule has 0 radical (unpaired) electrons. The van der Waals surface area contributed by atoms with Crippen molar-refractivity contribution in [1.29, 1.82) is 0 Å². The van der Waals surface area contributed by atoms with Crippen LogP contribution in [0, 0.1) is 0 Å². The lowest BCUT2D eigenvalue weighted by molar-refractivity contribution is 0.590. The predicted molar refractivity (Wildman–Crippen MR) is 56.4 cm³/mol. The zero-order valence-electron chi connectivity index (χ0n) is 8.15. The molecule has 8 heteroatoms. The summed E-state index contributed by atoms with van der Waals surface area (Å²) in [6, 6.07) is 2.62. The minimum Gasteiger partial charge on any atom is -0.265 e. The van der Waals surface area contributed by atoms with Crippen LogP contribution in [0.3, 0.4) is 0 Å². The van der Waals surface area contributed by atoms with E-state index >= 15 is 0 Å². The van der Waals surface area contributed by atoms with Crippen LogP contribution in [0.15, 0.2) is 24.5 Å². The van der Waals surface area contributed by atoms with Gasteiger partial charge in [0.15, 0.2) is 0 Å². The molecule has 0 aliphatic carbocycles. The molecule has 0 unspecified atom stereocenters. The molecule has 0 saturated heterocycles. The van der Waals surface area contributed by atoms with Crippen molar-refractivity contribution in [3.05, 3.63) is 24.5 Å². The van der Waals surface area contributed by atoms with Gasteiger partial charge in [0, 0.05) is 12.4 Å². The molecule has 0 spiro atoms. The third kappa shape index (κ3) is 2.90. The maximum Gasteiger partial charge on any atom is 0.245 e. The standard InChI is InChI=1S/C7H10N2O4S2/c1-14(10,11)9(15(2,12)13)7-3-5-8-6-4-7/h3-6H,1-2H3. The molecule has 6 nitrogen and oxygen atoms in total. The summed E-state index contributed by atoms with van der Waals surface area (Å²) in [5.74, 6) is 0. The van der Waals surface area contributed by atoms with Gasteiger partial charge in [-0.1, -0.05) is 0 Å². The molecule has 0 aliphatic rings. The lowest BCUT2D eigenvalue weighted by Gasteiger charge is -2.18. The molecule has 1 heterocycles. The summed E-state index contributed by atoms with van der Waals surface area (Å²) in [4.78, 5) is 3.68. The Balaban J connectivity index is 3.41. The average molecular weight is 250 g/mol. The van der Waals surface area contributed by atoms with Gasteiger partial charge in [-0.25, -0.2) is 16.8 Å². The van der Waals surface area contributed by atoms with E-state index in [1.807, 2.05) is 0 Å². The van der Waals surface area contributed by atoms with E-state index in [0.29, 0.717) is 3.71 Å². The van der Waals surface area contributed by atoms with Gasteiger partial charge in [0.05, 0.1) is 18.2 Å². The van der Waals surface area contributed by atoms with E-state index in [1.165, 1.54) is 24.5 Å². The first-order valence-corrected chi connectivity index (χ1v) is 7.53. The Kier molecular flexibility index (Phi) is 3.00. The van der Waals surface area contributed by atoms with E-state index in [2.05, 4.69) is 4.98 Å². The second kappa shape index (κ2) is 3.78. The second-order valence-corrected chi connectivity index (χ2v) is 6.82. The number of pyridine rings is 1. The molecule has 84 valence electrons. The number of sulfonamides is 2. The van der Waals surface area contributed by atoms with Crippen molar-refractivity contribution >= 4 is 25.7 Å². The fourth-order valence-electron chi connectivity index (χ4n) is 1.09. The molecule has 0 bridgehead atoms. The minimum absolute atomic E-state index is 0.0509. The van der Waals surface area contributed by atoms with Gasteiger partial charge in [-0.15, -0.1) is 0 Å². The van der Waals surface area contributed by atoms with Crippen molar-refractivity contribution in [3.63, 3.8) is 0 Å². The number of anilines is 1. The van der Waals surface area contributed by atoms with Gasteiger partial charge in [-0.3, -0.25) is 4.98 Å². The molecule has 0 saturated carbocycles. The Hall–Kier alpha value is -1.15. The largest absolute Gasteiger partial charge is 0.265 e. The molecule has 0 aliphatic heterocycles. The summed E-state index contributed by atoms with van der Waals surface area (Å²) in [6.07, 6.45) is 4.29. The third-order valence-electron chi connectivity index (χ3n) is 1.48. The van der Waals surface area contributed by atoms with Crippen molar-refractivity contribution in [2.45, 2.75) is 0 Å². The van der Waals surface area contributed by atoms with Gasteiger partial charge < -0.3 is 0 Å². The van der Waals surface area contributed by atoms with E-state index < -0.39 is 20.0 Å². The Bertz CT molecular complexity index is 504. The first kappa shape index (κ1) is 11.9. The first-order valence-electron chi connectivity index (χ1n) is 3.83. The smallest absolute Gasteiger partial charge is 0.245 e. The fraction of sp³-hybridized carbons (Fsp3) is 0.286. The van der Waals surface area contributed by atoms with E-state index in [0.717, 1.165) is 12.5 Å². The van der Waals surface area contributed by atoms with Crippen LogP contribution < -0.4 is 3.71 Å². The zero-order valence-corrected chi connectivity index (χ0v) is 9.79. The Labute approximate surface area is 88.7 Å². The van der Waals surface area contributed by atoms with Crippen LogP contribution in [0.1, 0.15) is 0 Å². The van der Waals surface area contributed by atoms with Crippen LogP contribution in [0.25, 0.3) is 0 Å². The van der Waals surface area contributed by atoms with E-state index in [9.17, 15) is 16.8 Å². The zero-order chi connectivity index (χ0) is 11.7. The summed E-state index contributed by atoms with van der Waals surface area (Å²) < 4.78 is 45.6. The molecular formula is C7H10N2O4S2. The van der Waals surface area contributed by atoms with Crippen LogP contribution >= 0.6 is 0 Å². The SMILES string of the molecule is CS(=O)(=O)N(c1ccncc1)S(C)(=O)=O. The molecule has 0 fully saturated rings. The highest BCUT2D eigenvalue weighted by molar-refractivity contribution is 8.09. The molecule has 0 aromatic carbocycles.